The Bertz CT molecular complexity index is 3930. The molecule has 0 atom stereocenters. The van der Waals surface area contributed by atoms with Crippen molar-refractivity contribution < 1.29 is 39.8 Å². The molecule has 0 saturated heterocycles. The molecule has 9 rings (SSSR count). The maximum absolute atomic E-state index is 9.99. The van der Waals surface area contributed by atoms with E-state index < -0.39 is 236 Å². The smallest absolute Gasteiger partial charge is 0.0652 e. The number of thiophene rings is 1. The molecule has 0 saturated carbocycles. The maximum Gasteiger partial charge on any atom is 0.0652 e. The van der Waals surface area contributed by atoms with Gasteiger partial charge in [-0.15, -0.1) is 11.3 Å². The lowest BCUT2D eigenvalue weighted by Gasteiger charge is -2.26. The molecule has 0 aliphatic carbocycles. The Kier molecular flexibility index (Phi) is 2.50. The molecule has 0 fully saturated rings. The third kappa shape index (κ3) is 4.63. The summed E-state index contributed by atoms with van der Waals surface area (Å²) in [5.41, 5.74) is -6.70. The third-order valence-corrected chi connectivity index (χ3v) is 7.85. The van der Waals surface area contributed by atoms with Crippen LogP contribution >= 0.6 is 11.3 Å². The third-order valence-electron chi connectivity index (χ3n) is 6.83. The first kappa shape index (κ1) is 10.4. The van der Waals surface area contributed by atoms with Crippen LogP contribution in [0.15, 0.2) is 175 Å². The minimum atomic E-state index is -1.24. The summed E-state index contributed by atoms with van der Waals surface area (Å²) < 4.78 is 259. The van der Waals surface area contributed by atoms with Gasteiger partial charge in [-0.3, -0.25) is 0 Å². The van der Waals surface area contributed by atoms with E-state index in [0.717, 1.165) is 0 Å². The van der Waals surface area contributed by atoms with E-state index in [1.807, 2.05) is 0 Å². The highest BCUT2D eigenvalue weighted by Crippen LogP contribution is 2.41. The van der Waals surface area contributed by atoms with E-state index in [-0.39, 0.29) is 20.2 Å². The molecule has 0 radical (unpaired) electrons. The SMILES string of the molecule is [2H]c1c([2H])c([2H])c(-c2c([2H])c([2H])c(N(c3c([2H])c([2H])c(-c4c([2H])c([2H])c([2H])c([2H])c4[2H])c([2H])c3[2H])c3c([2H])c([2H])c4c([2H])c([2H])c5c([2H])c6sc7c([2H])c([2H])c([2H])c([2H])c7c6c([2H])c5c4c3[2H])c([2H])c2[2H])c([2H])c1[2H]. The molecule has 0 amide bonds. The Balaban J connectivity index is 1.53. The first-order chi connectivity index (χ1) is 34.9. The molecular weight excluding hydrogens is 575 g/mol. The molecule has 0 spiro atoms. The number of hydrogen-bond acceptors (Lipinski definition) is 2. The number of anilines is 3. The van der Waals surface area contributed by atoms with E-state index in [2.05, 4.69) is 0 Å². The van der Waals surface area contributed by atoms with Crippen LogP contribution in [0.4, 0.5) is 17.1 Å². The van der Waals surface area contributed by atoms with Crippen LogP contribution in [0.25, 0.3) is 64.0 Å². The Hall–Kier alpha value is -5.70. The lowest BCUT2D eigenvalue weighted by atomic mass is 9.98. The second kappa shape index (κ2) is 11.0. The highest BCUT2D eigenvalue weighted by atomic mass is 32.1. The summed E-state index contributed by atoms with van der Waals surface area (Å²) in [6.45, 7) is 0. The molecule has 0 aliphatic heterocycles. The summed E-state index contributed by atoms with van der Waals surface area (Å²) in [5, 5.41) is -2.98. The first-order valence-corrected chi connectivity index (χ1v) is 14.1. The fourth-order valence-corrected chi connectivity index (χ4v) is 5.73. The van der Waals surface area contributed by atoms with Gasteiger partial charge in [0, 0.05) is 37.2 Å². The molecule has 0 aliphatic rings. The van der Waals surface area contributed by atoms with Gasteiger partial charge >= 0.3 is 0 Å². The van der Waals surface area contributed by atoms with Crippen LogP contribution in [0.1, 0.15) is 39.8 Å². The van der Waals surface area contributed by atoms with Gasteiger partial charge in [-0.25, -0.2) is 0 Å². The van der Waals surface area contributed by atoms with E-state index in [1.54, 1.807) is 0 Å². The first-order valence-electron chi connectivity index (χ1n) is 27.8. The zero-order chi connectivity index (χ0) is 55.7. The summed E-state index contributed by atoms with van der Waals surface area (Å²) in [7, 11) is 0. The Morgan fingerprint density at radius 3 is 1.50 bits per heavy atom. The van der Waals surface area contributed by atoms with Crippen molar-refractivity contribution >= 4 is 70.1 Å². The summed E-state index contributed by atoms with van der Waals surface area (Å²) in [6, 6.07) is -27.7. The Morgan fingerprint density at radius 1 is 0.348 bits per heavy atom. The van der Waals surface area contributed by atoms with Crippen molar-refractivity contribution in [2.45, 2.75) is 0 Å². The second-order valence-corrected chi connectivity index (χ2v) is 10.5. The van der Waals surface area contributed by atoms with Gasteiger partial charge in [-0.1, -0.05) is 121 Å². The molecule has 1 aromatic heterocycles. The molecular formula is C44H29NS. The fourth-order valence-electron chi connectivity index (χ4n) is 4.76. The van der Waals surface area contributed by atoms with Crippen LogP contribution in [0.5, 0.6) is 0 Å². The summed E-state index contributed by atoms with van der Waals surface area (Å²) >= 11 is 0.685. The van der Waals surface area contributed by atoms with Crippen LogP contribution in [0.2, 0.25) is 0 Å². The van der Waals surface area contributed by atoms with E-state index in [9.17, 15) is 17.8 Å². The average Bonchev–Trinajstić information content (AvgIpc) is 3.79. The fraction of sp³-hybridized carbons (Fsp3) is 0. The van der Waals surface area contributed by atoms with Gasteiger partial charge in [0.15, 0.2) is 0 Å². The minimum absolute atomic E-state index is 0.103. The van der Waals surface area contributed by atoms with Crippen molar-refractivity contribution in [1.29, 1.82) is 0 Å². The van der Waals surface area contributed by atoms with Gasteiger partial charge in [0.05, 0.1) is 39.8 Å². The van der Waals surface area contributed by atoms with Gasteiger partial charge in [0.1, 0.15) is 0 Å². The number of rotatable bonds is 5. The zero-order valence-electron chi connectivity index (χ0n) is 51.9. The molecule has 1 nitrogen and oxygen atoms in total. The Labute approximate surface area is 313 Å². The van der Waals surface area contributed by atoms with Crippen molar-refractivity contribution in [1.82, 2.24) is 0 Å². The highest BCUT2D eigenvalue weighted by molar-refractivity contribution is 7.25. The van der Waals surface area contributed by atoms with Gasteiger partial charge < -0.3 is 4.90 Å². The number of fused-ring (bicyclic) bond motifs is 6. The van der Waals surface area contributed by atoms with Crippen molar-refractivity contribution in [3.8, 4) is 22.3 Å². The lowest BCUT2D eigenvalue weighted by Crippen LogP contribution is -2.09. The molecule has 0 N–H and O–H groups in total. The van der Waals surface area contributed by atoms with Gasteiger partial charge in [0.2, 0.25) is 0 Å². The monoisotopic (exact) mass is 632 g/mol. The van der Waals surface area contributed by atoms with Crippen LogP contribution in [0.3, 0.4) is 0 Å². The van der Waals surface area contributed by atoms with E-state index >= 15 is 0 Å². The van der Waals surface area contributed by atoms with Gasteiger partial charge in [-0.05, 0) is 98.2 Å². The van der Waals surface area contributed by atoms with Gasteiger partial charge in [0.25, 0.3) is 0 Å². The zero-order valence-corrected chi connectivity index (χ0v) is 23.7. The molecule has 8 aromatic carbocycles. The van der Waals surface area contributed by atoms with Crippen LogP contribution in [0, 0.1) is 0 Å². The van der Waals surface area contributed by atoms with E-state index in [0.29, 0.717) is 16.2 Å². The highest BCUT2D eigenvalue weighted by Gasteiger charge is 2.15. The van der Waals surface area contributed by atoms with Crippen LogP contribution in [-0.4, -0.2) is 0 Å². The maximum atomic E-state index is 9.99. The average molecular weight is 633 g/mol. The van der Waals surface area contributed by atoms with E-state index in [1.165, 1.54) is 0 Å². The molecule has 46 heavy (non-hydrogen) atoms. The standard InChI is InChI=1S/C44H29NS/c1-3-9-30(10-4-1)32-17-22-36(23-18-32)45(37-24-19-33(20-25-37)31-11-5-2-6-12-31)38-26-21-34-15-16-35-27-44-42(29-41(35)40(34)28-38)39-13-7-8-14-43(39)46-44/h1-29H/i1D,2D,3D,4D,5D,6D,7D,8D,9D,10D,11D,12D,13D,14D,15D,16D,17D,18D,19D,20D,21D,22D,23D,24D,25D,26D,27D,28D,29D. The normalized spacial score (nSPS) is 20.3. The van der Waals surface area contributed by atoms with Crippen molar-refractivity contribution in [2.75, 3.05) is 4.90 Å². The predicted octanol–water partition coefficient (Wildman–Crippen LogP) is 13.2. The van der Waals surface area contributed by atoms with Crippen molar-refractivity contribution in [3.63, 3.8) is 0 Å². The number of benzene rings is 8. The molecule has 0 bridgehead atoms. The molecule has 9 aromatic rings. The summed E-state index contributed by atoms with van der Waals surface area (Å²) in [5.74, 6) is 0. The van der Waals surface area contributed by atoms with Crippen LogP contribution < -0.4 is 4.90 Å². The molecule has 1 heterocycles. The second-order valence-electron chi connectivity index (χ2n) is 9.52. The molecule has 0 unspecified atom stereocenters. The number of hydrogen-bond donors (Lipinski definition) is 0. The van der Waals surface area contributed by atoms with E-state index in [4.69, 9.17) is 21.9 Å². The van der Waals surface area contributed by atoms with Gasteiger partial charge in [-0.2, -0.15) is 0 Å². The lowest BCUT2D eigenvalue weighted by molar-refractivity contribution is 1.29. The summed E-state index contributed by atoms with van der Waals surface area (Å²) in [4.78, 5) is 0.366. The molecule has 216 valence electrons. The summed E-state index contributed by atoms with van der Waals surface area (Å²) in [6.07, 6.45) is 0. The van der Waals surface area contributed by atoms with Crippen molar-refractivity contribution in [2.24, 2.45) is 0 Å². The quantitative estimate of drug-likeness (QED) is 0.171. The Morgan fingerprint density at radius 2 is 0.848 bits per heavy atom. The minimum Gasteiger partial charge on any atom is -0.310 e. The van der Waals surface area contributed by atoms with Crippen molar-refractivity contribution in [3.05, 3.63) is 175 Å². The molecule has 2 heteroatoms. The predicted molar refractivity (Wildman–Crippen MR) is 200 cm³/mol. The number of nitrogens with zero attached hydrogens (tertiary/aromatic N) is 1. The van der Waals surface area contributed by atoms with Crippen LogP contribution in [-0.2, 0) is 0 Å². The topological polar surface area (TPSA) is 3.24 Å². The largest absolute Gasteiger partial charge is 0.310 e.